The van der Waals surface area contributed by atoms with E-state index >= 15 is 0 Å². The summed E-state index contributed by atoms with van der Waals surface area (Å²) in [5.74, 6) is 0.810. The van der Waals surface area contributed by atoms with E-state index in [4.69, 9.17) is 0 Å². The predicted molar refractivity (Wildman–Crippen MR) is 93.5 cm³/mol. The van der Waals surface area contributed by atoms with Crippen LogP contribution in [0.1, 0.15) is 19.4 Å². The van der Waals surface area contributed by atoms with Crippen LogP contribution in [0.5, 0.6) is 0 Å². The molecule has 0 spiro atoms. The minimum atomic E-state index is -0.167. The molecule has 3 aromatic rings. The molecule has 0 radical (unpaired) electrons. The van der Waals surface area contributed by atoms with Crippen molar-refractivity contribution in [3.63, 3.8) is 0 Å². The van der Waals surface area contributed by atoms with E-state index < -0.39 is 0 Å². The molecule has 1 aromatic carbocycles. The molecule has 0 fully saturated rings. The Morgan fingerprint density at radius 2 is 2.09 bits per heavy atom. The Morgan fingerprint density at radius 3 is 2.83 bits per heavy atom. The minimum Gasteiger partial charge on any atom is -0.280 e. The zero-order valence-electron chi connectivity index (χ0n) is 13.4. The second kappa shape index (κ2) is 6.42. The van der Waals surface area contributed by atoms with Crippen LogP contribution in [0.3, 0.4) is 0 Å². The number of allylic oxidation sites excluding steroid dienone is 1. The normalized spacial score (nSPS) is 10.9. The summed E-state index contributed by atoms with van der Waals surface area (Å²) in [7, 11) is 0. The summed E-state index contributed by atoms with van der Waals surface area (Å²) in [6.07, 6.45) is 5.72. The molecular formula is C17H18N4OS. The fourth-order valence-electron chi connectivity index (χ4n) is 2.23. The number of benzene rings is 1. The molecule has 0 aliphatic rings. The van der Waals surface area contributed by atoms with Gasteiger partial charge in [0.25, 0.3) is 0 Å². The largest absolute Gasteiger partial charge is 0.300 e. The standard InChI is InChI=1S/C17H18N4OS/c1-12(2)7-10-23-17-19-18-15-16(22)20(8-9-21(15)17)14-6-4-5-13(3)11-14/h4-9,11H,10H2,1-3H3. The van der Waals surface area contributed by atoms with Gasteiger partial charge < -0.3 is 0 Å². The molecule has 3 rings (SSSR count). The van der Waals surface area contributed by atoms with Crippen LogP contribution in [0, 0.1) is 6.92 Å². The quantitative estimate of drug-likeness (QED) is 0.545. The van der Waals surface area contributed by atoms with Gasteiger partial charge in [0.05, 0.1) is 0 Å². The summed E-state index contributed by atoms with van der Waals surface area (Å²) in [5.41, 5.74) is 3.37. The molecule has 2 heterocycles. The number of hydrogen-bond acceptors (Lipinski definition) is 4. The third-order valence-electron chi connectivity index (χ3n) is 3.42. The van der Waals surface area contributed by atoms with Crippen molar-refractivity contribution >= 4 is 17.4 Å². The molecule has 0 aliphatic heterocycles. The van der Waals surface area contributed by atoms with Crippen molar-refractivity contribution in [2.45, 2.75) is 25.9 Å². The van der Waals surface area contributed by atoms with E-state index in [-0.39, 0.29) is 5.56 Å². The topological polar surface area (TPSA) is 52.2 Å². The SMILES string of the molecule is CC(C)=CCSc1nnc2c(=O)n(-c3cccc(C)c3)ccn12. The number of nitrogens with zero attached hydrogens (tertiary/aromatic N) is 4. The van der Waals surface area contributed by atoms with Crippen molar-refractivity contribution in [1.29, 1.82) is 0 Å². The summed E-state index contributed by atoms with van der Waals surface area (Å²) in [6.45, 7) is 6.12. The van der Waals surface area contributed by atoms with Crippen molar-refractivity contribution in [3.8, 4) is 5.69 Å². The first-order valence-electron chi connectivity index (χ1n) is 7.36. The maximum absolute atomic E-state index is 12.7. The van der Waals surface area contributed by atoms with E-state index in [9.17, 15) is 4.79 Å². The van der Waals surface area contributed by atoms with Gasteiger partial charge in [-0.3, -0.25) is 13.8 Å². The molecule has 0 bridgehead atoms. The van der Waals surface area contributed by atoms with Gasteiger partial charge >= 0.3 is 5.56 Å². The van der Waals surface area contributed by atoms with Gasteiger partial charge in [0.1, 0.15) is 0 Å². The molecule has 6 heteroatoms. The van der Waals surface area contributed by atoms with Crippen molar-refractivity contribution in [3.05, 3.63) is 64.2 Å². The Hall–Kier alpha value is -2.34. The van der Waals surface area contributed by atoms with E-state index in [0.717, 1.165) is 22.2 Å². The maximum atomic E-state index is 12.7. The maximum Gasteiger partial charge on any atom is 0.300 e. The van der Waals surface area contributed by atoms with Gasteiger partial charge in [-0.15, -0.1) is 10.2 Å². The second-order valence-corrected chi connectivity index (χ2v) is 6.57. The van der Waals surface area contributed by atoms with E-state index in [1.165, 1.54) is 5.57 Å². The van der Waals surface area contributed by atoms with Gasteiger partial charge in [-0.2, -0.15) is 0 Å². The summed E-state index contributed by atoms with van der Waals surface area (Å²) >= 11 is 1.56. The minimum absolute atomic E-state index is 0.167. The van der Waals surface area contributed by atoms with Crippen molar-refractivity contribution < 1.29 is 0 Å². The van der Waals surface area contributed by atoms with Gasteiger partial charge in [-0.05, 0) is 38.5 Å². The Morgan fingerprint density at radius 1 is 1.26 bits per heavy atom. The molecule has 0 aliphatic carbocycles. The second-order valence-electron chi connectivity index (χ2n) is 5.58. The molecule has 0 N–H and O–H groups in total. The predicted octanol–water partition coefficient (Wildman–Crippen LogP) is 3.25. The van der Waals surface area contributed by atoms with E-state index in [1.807, 2.05) is 37.4 Å². The zero-order chi connectivity index (χ0) is 16.4. The molecule has 23 heavy (non-hydrogen) atoms. The van der Waals surface area contributed by atoms with E-state index in [0.29, 0.717) is 5.65 Å². The first-order valence-corrected chi connectivity index (χ1v) is 8.34. The molecule has 0 saturated heterocycles. The lowest BCUT2D eigenvalue weighted by atomic mass is 10.2. The lowest BCUT2D eigenvalue weighted by Crippen LogP contribution is -2.20. The molecule has 5 nitrogen and oxygen atoms in total. The summed E-state index contributed by atoms with van der Waals surface area (Å²) in [6, 6.07) is 7.82. The van der Waals surface area contributed by atoms with Gasteiger partial charge in [-0.1, -0.05) is 35.5 Å². The fraction of sp³-hybridized carbons (Fsp3) is 0.235. The van der Waals surface area contributed by atoms with Gasteiger partial charge in [0.15, 0.2) is 5.16 Å². The van der Waals surface area contributed by atoms with E-state index in [2.05, 4.69) is 30.1 Å². The third kappa shape index (κ3) is 3.22. The monoisotopic (exact) mass is 326 g/mol. The third-order valence-corrected chi connectivity index (χ3v) is 4.29. The van der Waals surface area contributed by atoms with Crippen LogP contribution in [0.15, 0.2) is 58.3 Å². The summed E-state index contributed by atoms with van der Waals surface area (Å²) < 4.78 is 3.35. The number of thioether (sulfide) groups is 1. The number of aromatic nitrogens is 4. The number of rotatable bonds is 4. The Bertz CT molecular complexity index is 935. The van der Waals surface area contributed by atoms with Crippen LogP contribution in [0.4, 0.5) is 0 Å². The van der Waals surface area contributed by atoms with Gasteiger partial charge in [0, 0.05) is 23.8 Å². The Balaban J connectivity index is 2.01. The molecule has 0 saturated carbocycles. The van der Waals surface area contributed by atoms with Crippen LogP contribution in [0.2, 0.25) is 0 Å². The zero-order valence-corrected chi connectivity index (χ0v) is 14.2. The molecule has 0 amide bonds. The Labute approximate surface area is 138 Å². The van der Waals surface area contributed by atoms with Crippen LogP contribution >= 0.6 is 11.8 Å². The highest BCUT2D eigenvalue weighted by atomic mass is 32.2. The first-order chi connectivity index (χ1) is 11.1. The van der Waals surface area contributed by atoms with Crippen molar-refractivity contribution in [2.75, 3.05) is 5.75 Å². The molecular weight excluding hydrogens is 308 g/mol. The highest BCUT2D eigenvalue weighted by Crippen LogP contribution is 2.16. The van der Waals surface area contributed by atoms with E-state index in [1.54, 1.807) is 26.9 Å². The lowest BCUT2D eigenvalue weighted by Gasteiger charge is -2.07. The highest BCUT2D eigenvalue weighted by Gasteiger charge is 2.11. The number of fused-ring (bicyclic) bond motifs is 1. The van der Waals surface area contributed by atoms with Crippen LogP contribution < -0.4 is 5.56 Å². The van der Waals surface area contributed by atoms with Crippen LogP contribution in [-0.4, -0.2) is 24.9 Å². The molecule has 0 atom stereocenters. The lowest BCUT2D eigenvalue weighted by molar-refractivity contribution is 0.894. The van der Waals surface area contributed by atoms with Gasteiger partial charge in [0.2, 0.25) is 5.65 Å². The van der Waals surface area contributed by atoms with Crippen molar-refractivity contribution in [2.24, 2.45) is 0 Å². The summed E-state index contributed by atoms with van der Waals surface area (Å²) in [5, 5.41) is 8.93. The fourth-order valence-corrected chi connectivity index (χ4v) is 3.18. The Kier molecular flexibility index (Phi) is 4.34. The number of hydrogen-bond donors (Lipinski definition) is 0. The van der Waals surface area contributed by atoms with Gasteiger partial charge in [-0.25, -0.2) is 0 Å². The van der Waals surface area contributed by atoms with Crippen LogP contribution in [0.25, 0.3) is 11.3 Å². The van der Waals surface area contributed by atoms with Crippen molar-refractivity contribution in [1.82, 2.24) is 19.2 Å². The first kappa shape index (κ1) is 15.6. The average Bonchev–Trinajstić information content (AvgIpc) is 2.91. The molecule has 2 aromatic heterocycles. The average molecular weight is 326 g/mol. The smallest absolute Gasteiger partial charge is 0.280 e. The number of aryl methyl sites for hydroxylation is 1. The summed E-state index contributed by atoms with van der Waals surface area (Å²) in [4.78, 5) is 12.7. The molecule has 0 unspecified atom stereocenters. The highest BCUT2D eigenvalue weighted by molar-refractivity contribution is 7.99. The van der Waals surface area contributed by atoms with Crippen LogP contribution in [-0.2, 0) is 0 Å². The molecule has 118 valence electrons.